The van der Waals surface area contributed by atoms with Crippen LogP contribution in [0.1, 0.15) is 5.56 Å². The predicted octanol–water partition coefficient (Wildman–Crippen LogP) is 3.59. The molecule has 0 aliphatic rings. The number of nitrogens with zero attached hydrogens (tertiary/aromatic N) is 1. The Morgan fingerprint density at radius 3 is 2.65 bits per heavy atom. The molecular formula is C17H14FNO. The highest BCUT2D eigenvalue weighted by Crippen LogP contribution is 2.17. The summed E-state index contributed by atoms with van der Waals surface area (Å²) >= 11 is 0. The van der Waals surface area contributed by atoms with Crippen molar-refractivity contribution in [3.8, 4) is 0 Å². The van der Waals surface area contributed by atoms with Crippen molar-refractivity contribution >= 4 is 16.7 Å². The van der Waals surface area contributed by atoms with E-state index in [9.17, 15) is 9.18 Å². The van der Waals surface area contributed by atoms with Crippen LogP contribution in [0.4, 0.5) is 4.39 Å². The number of aromatic nitrogens is 1. The topological polar surface area (TPSA) is 22.0 Å². The van der Waals surface area contributed by atoms with Crippen LogP contribution in [0.3, 0.4) is 0 Å². The maximum Gasteiger partial charge on any atom is 0.156 e. The average Bonchev–Trinajstić information content (AvgIpc) is 2.82. The summed E-state index contributed by atoms with van der Waals surface area (Å²) in [5.74, 6) is -0.175. The van der Waals surface area contributed by atoms with Gasteiger partial charge in [-0.3, -0.25) is 4.79 Å². The molecule has 0 saturated heterocycles. The molecule has 1 heterocycles. The smallest absolute Gasteiger partial charge is 0.156 e. The van der Waals surface area contributed by atoms with Gasteiger partial charge in [-0.05, 0) is 35.2 Å². The van der Waals surface area contributed by atoms with Crippen LogP contribution in [0, 0.1) is 5.82 Å². The lowest BCUT2D eigenvalue weighted by Gasteiger charge is -2.05. The molecule has 1 aromatic heterocycles. The van der Waals surface area contributed by atoms with Gasteiger partial charge in [0.05, 0.1) is 12.1 Å². The van der Waals surface area contributed by atoms with Gasteiger partial charge in [-0.2, -0.15) is 0 Å². The Kier molecular flexibility index (Phi) is 3.33. The number of halogens is 1. The van der Waals surface area contributed by atoms with E-state index < -0.39 is 0 Å². The number of carbonyl (C=O) groups is 1. The molecule has 0 saturated carbocycles. The first-order valence-electron chi connectivity index (χ1n) is 6.52. The summed E-state index contributed by atoms with van der Waals surface area (Å²) in [5.41, 5.74) is 1.76. The zero-order valence-electron chi connectivity index (χ0n) is 10.9. The zero-order valence-corrected chi connectivity index (χ0v) is 10.9. The molecule has 0 aliphatic heterocycles. The Balaban J connectivity index is 1.79. The molecule has 0 atom stereocenters. The summed E-state index contributed by atoms with van der Waals surface area (Å²) < 4.78 is 15.1. The monoisotopic (exact) mass is 267 g/mol. The van der Waals surface area contributed by atoms with E-state index in [1.54, 1.807) is 10.6 Å². The molecule has 20 heavy (non-hydrogen) atoms. The number of fused-ring (bicyclic) bond motifs is 1. The number of hydrogen-bond acceptors (Lipinski definition) is 1. The van der Waals surface area contributed by atoms with Crippen LogP contribution in [-0.2, 0) is 17.8 Å². The first-order valence-corrected chi connectivity index (χ1v) is 6.52. The molecule has 0 radical (unpaired) electrons. The number of benzene rings is 2. The van der Waals surface area contributed by atoms with E-state index in [2.05, 4.69) is 0 Å². The summed E-state index contributed by atoms with van der Waals surface area (Å²) in [6.45, 7) is 0.266. The average molecular weight is 267 g/mol. The van der Waals surface area contributed by atoms with Crippen LogP contribution >= 0.6 is 0 Å². The van der Waals surface area contributed by atoms with Gasteiger partial charge in [0.2, 0.25) is 0 Å². The summed E-state index contributed by atoms with van der Waals surface area (Å²) in [6, 6.07) is 16.1. The third-order valence-corrected chi connectivity index (χ3v) is 3.33. The maximum absolute atomic E-state index is 13.3. The van der Waals surface area contributed by atoms with Crippen LogP contribution in [0.25, 0.3) is 10.9 Å². The molecule has 0 unspecified atom stereocenters. The summed E-state index contributed by atoms with van der Waals surface area (Å²) in [4.78, 5) is 12.1. The van der Waals surface area contributed by atoms with Crippen LogP contribution in [0.5, 0.6) is 0 Å². The van der Waals surface area contributed by atoms with Crippen molar-refractivity contribution in [3.05, 3.63) is 72.2 Å². The largest absolute Gasteiger partial charge is 0.340 e. The van der Waals surface area contributed by atoms with E-state index in [0.717, 1.165) is 16.5 Å². The lowest BCUT2D eigenvalue weighted by molar-refractivity contribution is -0.118. The highest BCUT2D eigenvalue weighted by molar-refractivity contribution is 5.85. The van der Waals surface area contributed by atoms with Gasteiger partial charge in [0.25, 0.3) is 0 Å². The van der Waals surface area contributed by atoms with E-state index >= 15 is 0 Å². The Morgan fingerprint density at radius 2 is 1.85 bits per heavy atom. The highest BCUT2D eigenvalue weighted by atomic mass is 19.1. The second-order valence-corrected chi connectivity index (χ2v) is 4.85. The molecule has 0 bridgehead atoms. The molecule has 3 aromatic rings. The van der Waals surface area contributed by atoms with Crippen molar-refractivity contribution in [2.45, 2.75) is 13.0 Å². The molecule has 3 heteroatoms. The summed E-state index contributed by atoms with van der Waals surface area (Å²) in [6.07, 6.45) is 2.23. The molecule has 2 aromatic carbocycles. The van der Waals surface area contributed by atoms with Gasteiger partial charge in [0.1, 0.15) is 5.82 Å². The molecule has 100 valence electrons. The number of rotatable bonds is 4. The molecular weight excluding hydrogens is 253 g/mol. The van der Waals surface area contributed by atoms with Crippen molar-refractivity contribution in [1.29, 1.82) is 0 Å². The van der Waals surface area contributed by atoms with E-state index in [0.29, 0.717) is 6.42 Å². The fourth-order valence-electron chi connectivity index (χ4n) is 2.36. The van der Waals surface area contributed by atoms with Gasteiger partial charge >= 0.3 is 0 Å². The Hall–Kier alpha value is -2.42. The van der Waals surface area contributed by atoms with Gasteiger partial charge in [-0.15, -0.1) is 0 Å². The minimum atomic E-state index is -0.284. The zero-order chi connectivity index (χ0) is 13.9. The Labute approximate surface area is 116 Å². The van der Waals surface area contributed by atoms with Crippen molar-refractivity contribution in [3.63, 3.8) is 0 Å². The number of carbonyl (C=O) groups excluding carboxylic acids is 1. The standard InChI is InChI=1S/C17H14FNO/c18-15-7-6-14-8-9-19(17(14)11-15)12-16(20)10-13-4-2-1-3-5-13/h1-9,11H,10,12H2. The number of Topliss-reactive ketones (excluding diaryl/α,β-unsaturated/α-hetero) is 1. The molecule has 3 rings (SSSR count). The fraction of sp³-hybridized carbons (Fsp3) is 0.118. The first-order chi connectivity index (χ1) is 9.72. The van der Waals surface area contributed by atoms with Gasteiger partial charge in [0.15, 0.2) is 5.78 Å². The van der Waals surface area contributed by atoms with Crippen LogP contribution < -0.4 is 0 Å². The third kappa shape index (κ3) is 2.62. The van der Waals surface area contributed by atoms with E-state index in [4.69, 9.17) is 0 Å². The molecule has 0 N–H and O–H groups in total. The maximum atomic E-state index is 13.3. The van der Waals surface area contributed by atoms with Crippen molar-refractivity contribution < 1.29 is 9.18 Å². The first kappa shape index (κ1) is 12.6. The molecule has 0 aliphatic carbocycles. The second kappa shape index (κ2) is 5.29. The van der Waals surface area contributed by atoms with E-state index in [1.165, 1.54) is 12.1 Å². The van der Waals surface area contributed by atoms with Crippen molar-refractivity contribution in [1.82, 2.24) is 4.57 Å². The van der Waals surface area contributed by atoms with Crippen molar-refractivity contribution in [2.24, 2.45) is 0 Å². The number of hydrogen-bond donors (Lipinski definition) is 0. The van der Waals surface area contributed by atoms with Gasteiger partial charge < -0.3 is 4.57 Å². The van der Waals surface area contributed by atoms with Crippen molar-refractivity contribution in [2.75, 3.05) is 0 Å². The second-order valence-electron chi connectivity index (χ2n) is 4.85. The lowest BCUT2D eigenvalue weighted by atomic mass is 10.1. The minimum Gasteiger partial charge on any atom is -0.340 e. The molecule has 2 nitrogen and oxygen atoms in total. The summed E-state index contributed by atoms with van der Waals surface area (Å²) in [7, 11) is 0. The van der Waals surface area contributed by atoms with Crippen LogP contribution in [0.2, 0.25) is 0 Å². The fourth-order valence-corrected chi connectivity index (χ4v) is 2.36. The number of ketones is 1. The quantitative estimate of drug-likeness (QED) is 0.708. The Bertz CT molecular complexity index is 746. The van der Waals surface area contributed by atoms with Gasteiger partial charge in [-0.25, -0.2) is 4.39 Å². The predicted molar refractivity (Wildman–Crippen MR) is 77.0 cm³/mol. The Morgan fingerprint density at radius 1 is 1.05 bits per heavy atom. The summed E-state index contributed by atoms with van der Waals surface area (Å²) in [5, 5.41) is 0.943. The molecule has 0 fully saturated rings. The van der Waals surface area contributed by atoms with E-state index in [1.807, 2.05) is 42.6 Å². The molecule has 0 spiro atoms. The normalized spacial score (nSPS) is 10.8. The van der Waals surface area contributed by atoms with E-state index in [-0.39, 0.29) is 18.1 Å². The highest BCUT2D eigenvalue weighted by Gasteiger charge is 2.08. The minimum absolute atomic E-state index is 0.109. The lowest BCUT2D eigenvalue weighted by Crippen LogP contribution is -2.11. The van der Waals surface area contributed by atoms with Gasteiger partial charge in [0, 0.05) is 12.6 Å². The SMILES string of the molecule is O=C(Cc1ccccc1)Cn1ccc2ccc(F)cc21. The van der Waals surface area contributed by atoms with Crippen LogP contribution in [0.15, 0.2) is 60.8 Å². The van der Waals surface area contributed by atoms with Gasteiger partial charge in [-0.1, -0.05) is 30.3 Å². The third-order valence-electron chi connectivity index (χ3n) is 3.33. The van der Waals surface area contributed by atoms with Crippen LogP contribution in [-0.4, -0.2) is 10.4 Å². The molecule has 0 amide bonds.